The van der Waals surface area contributed by atoms with E-state index in [1.807, 2.05) is 19.1 Å². The van der Waals surface area contributed by atoms with Gasteiger partial charge in [-0.2, -0.15) is 0 Å². The van der Waals surface area contributed by atoms with E-state index in [0.29, 0.717) is 17.4 Å². The molecule has 0 aliphatic heterocycles. The van der Waals surface area contributed by atoms with Crippen molar-refractivity contribution in [2.24, 2.45) is 0 Å². The van der Waals surface area contributed by atoms with Gasteiger partial charge in [-0.1, -0.05) is 38.1 Å². The maximum atomic E-state index is 10.6. The molecule has 2 atom stereocenters. The third kappa shape index (κ3) is 4.41. The number of hydrogen-bond acceptors (Lipinski definition) is 2. The minimum atomic E-state index is -0.924. The van der Waals surface area contributed by atoms with Crippen LogP contribution in [0, 0.1) is 0 Å². The molecular weight excluding hydrogens is 286 g/mol. The lowest BCUT2D eigenvalue weighted by atomic mass is 9.81. The normalized spacial score (nSPS) is 22.3. The van der Waals surface area contributed by atoms with Crippen molar-refractivity contribution in [3.63, 3.8) is 0 Å². The molecule has 1 aromatic rings. The smallest absolute Gasteiger partial charge is 0.328 e. The predicted molar refractivity (Wildman–Crippen MR) is 94.5 cm³/mol. The standard InChI is InChI=1S/C20H25NO2/c1-13(12-19(22)23)6-5-7-15(3)18-11-10-17-14(2)8-9-16(4)20(17)21-18/h5-7,10-12,14,16H,8-9H2,1-4H3,(H,22,23)/b6-5+,13-12+,15-7+. The molecule has 0 saturated carbocycles. The van der Waals surface area contributed by atoms with Gasteiger partial charge in [0, 0.05) is 11.8 Å². The summed E-state index contributed by atoms with van der Waals surface area (Å²) in [6, 6.07) is 4.31. The summed E-state index contributed by atoms with van der Waals surface area (Å²) in [6.07, 6.45) is 9.27. The Hall–Kier alpha value is -2.16. The molecule has 23 heavy (non-hydrogen) atoms. The number of rotatable bonds is 4. The highest BCUT2D eigenvalue weighted by molar-refractivity contribution is 5.81. The van der Waals surface area contributed by atoms with Crippen LogP contribution in [0.1, 0.15) is 69.3 Å². The predicted octanol–water partition coefficient (Wildman–Crippen LogP) is 5.07. The molecule has 3 nitrogen and oxygen atoms in total. The van der Waals surface area contributed by atoms with Gasteiger partial charge in [0.25, 0.3) is 0 Å². The van der Waals surface area contributed by atoms with E-state index in [1.165, 1.54) is 30.2 Å². The molecule has 0 fully saturated rings. The first-order valence-electron chi connectivity index (χ1n) is 8.16. The van der Waals surface area contributed by atoms with Crippen molar-refractivity contribution in [2.75, 3.05) is 0 Å². The van der Waals surface area contributed by atoms with Crippen molar-refractivity contribution >= 4 is 11.5 Å². The van der Waals surface area contributed by atoms with Crippen LogP contribution >= 0.6 is 0 Å². The number of aromatic nitrogens is 1. The first-order valence-corrected chi connectivity index (χ1v) is 8.16. The highest BCUT2D eigenvalue weighted by atomic mass is 16.4. The van der Waals surface area contributed by atoms with Crippen LogP contribution in [0.15, 0.2) is 42.0 Å². The van der Waals surface area contributed by atoms with E-state index in [4.69, 9.17) is 10.1 Å². The number of nitrogens with zero attached hydrogens (tertiary/aromatic N) is 1. The molecule has 1 aliphatic rings. The van der Waals surface area contributed by atoms with E-state index >= 15 is 0 Å². The van der Waals surface area contributed by atoms with Gasteiger partial charge in [0.1, 0.15) is 0 Å². The molecule has 1 aliphatic carbocycles. The SMILES string of the molecule is CC(/C=C/C=C(\C)c1ccc2c(n1)C(C)CCC2C)=C\C(=O)O. The molecule has 1 aromatic heterocycles. The largest absolute Gasteiger partial charge is 0.478 e. The quantitative estimate of drug-likeness (QED) is 0.623. The Bertz CT molecular complexity index is 683. The summed E-state index contributed by atoms with van der Waals surface area (Å²) in [5, 5.41) is 8.69. The summed E-state index contributed by atoms with van der Waals surface area (Å²) < 4.78 is 0. The van der Waals surface area contributed by atoms with Crippen LogP contribution in [-0.2, 0) is 4.79 Å². The zero-order chi connectivity index (χ0) is 17.0. The van der Waals surface area contributed by atoms with Gasteiger partial charge >= 0.3 is 5.97 Å². The van der Waals surface area contributed by atoms with Crippen molar-refractivity contribution in [3.8, 4) is 0 Å². The van der Waals surface area contributed by atoms with E-state index in [1.54, 1.807) is 13.0 Å². The molecule has 0 amide bonds. The second-order valence-electron chi connectivity index (χ2n) is 6.49. The molecule has 0 aromatic carbocycles. The first-order chi connectivity index (χ1) is 10.9. The number of carbonyl (C=O) groups is 1. The fourth-order valence-corrected chi connectivity index (χ4v) is 2.98. The maximum absolute atomic E-state index is 10.6. The van der Waals surface area contributed by atoms with Crippen molar-refractivity contribution in [1.82, 2.24) is 4.98 Å². The summed E-state index contributed by atoms with van der Waals surface area (Å²) in [4.78, 5) is 15.5. The number of carboxylic acids is 1. The van der Waals surface area contributed by atoms with Crippen molar-refractivity contribution in [1.29, 1.82) is 0 Å². The molecule has 3 heteroatoms. The highest BCUT2D eigenvalue weighted by Crippen LogP contribution is 2.37. The monoisotopic (exact) mass is 311 g/mol. The van der Waals surface area contributed by atoms with Gasteiger partial charge in [0.2, 0.25) is 0 Å². The van der Waals surface area contributed by atoms with Crippen molar-refractivity contribution < 1.29 is 9.90 Å². The van der Waals surface area contributed by atoms with Crippen molar-refractivity contribution in [3.05, 3.63) is 59.0 Å². The third-order valence-electron chi connectivity index (χ3n) is 4.45. The van der Waals surface area contributed by atoms with E-state index in [-0.39, 0.29) is 0 Å². The average Bonchev–Trinajstić information content (AvgIpc) is 2.50. The molecule has 1 heterocycles. The van der Waals surface area contributed by atoms with Crippen LogP contribution in [0.4, 0.5) is 0 Å². The number of fused-ring (bicyclic) bond motifs is 1. The van der Waals surface area contributed by atoms with Crippen LogP contribution in [0.25, 0.3) is 5.57 Å². The van der Waals surface area contributed by atoms with E-state index in [2.05, 4.69) is 26.0 Å². The number of hydrogen-bond donors (Lipinski definition) is 1. The number of allylic oxidation sites excluding steroid dienone is 5. The average molecular weight is 311 g/mol. The molecule has 2 rings (SSSR count). The van der Waals surface area contributed by atoms with Crippen LogP contribution in [0.2, 0.25) is 0 Å². The zero-order valence-electron chi connectivity index (χ0n) is 14.3. The van der Waals surface area contributed by atoms with Gasteiger partial charge < -0.3 is 5.11 Å². The van der Waals surface area contributed by atoms with Crippen LogP contribution in [-0.4, -0.2) is 16.1 Å². The molecular formula is C20H25NO2. The lowest BCUT2D eigenvalue weighted by Crippen LogP contribution is -2.13. The molecule has 0 saturated heterocycles. The zero-order valence-corrected chi connectivity index (χ0v) is 14.3. The van der Waals surface area contributed by atoms with Gasteiger partial charge in [0.15, 0.2) is 0 Å². The summed E-state index contributed by atoms with van der Waals surface area (Å²) in [5.74, 6) is 0.188. The Balaban J connectivity index is 2.22. The molecule has 0 bridgehead atoms. The topological polar surface area (TPSA) is 50.2 Å². The van der Waals surface area contributed by atoms with Crippen LogP contribution in [0.3, 0.4) is 0 Å². The number of aliphatic carboxylic acids is 1. The second-order valence-corrected chi connectivity index (χ2v) is 6.49. The first kappa shape index (κ1) is 17.2. The lowest BCUT2D eigenvalue weighted by Gasteiger charge is -2.26. The second kappa shape index (κ2) is 7.40. The Morgan fingerprint density at radius 2 is 1.91 bits per heavy atom. The highest BCUT2D eigenvalue weighted by Gasteiger charge is 2.23. The minimum Gasteiger partial charge on any atom is -0.478 e. The maximum Gasteiger partial charge on any atom is 0.328 e. The fourth-order valence-electron chi connectivity index (χ4n) is 2.98. The Morgan fingerprint density at radius 3 is 2.61 bits per heavy atom. The lowest BCUT2D eigenvalue weighted by molar-refractivity contribution is -0.131. The van der Waals surface area contributed by atoms with Gasteiger partial charge in [0.05, 0.1) is 5.69 Å². The van der Waals surface area contributed by atoms with E-state index < -0.39 is 5.97 Å². The van der Waals surface area contributed by atoms with Crippen molar-refractivity contribution in [2.45, 2.75) is 52.4 Å². The van der Waals surface area contributed by atoms with Gasteiger partial charge in [-0.3, -0.25) is 4.98 Å². The van der Waals surface area contributed by atoms with E-state index in [9.17, 15) is 4.79 Å². The molecule has 0 spiro atoms. The van der Waals surface area contributed by atoms with Crippen LogP contribution < -0.4 is 0 Å². The molecule has 2 unspecified atom stereocenters. The van der Waals surface area contributed by atoms with E-state index in [0.717, 1.165) is 11.3 Å². The minimum absolute atomic E-state index is 0.519. The Labute approximate surface area is 138 Å². The molecule has 1 N–H and O–H groups in total. The summed E-state index contributed by atoms with van der Waals surface area (Å²) >= 11 is 0. The fraction of sp³-hybridized carbons (Fsp3) is 0.400. The third-order valence-corrected chi connectivity index (χ3v) is 4.45. The van der Waals surface area contributed by atoms with Gasteiger partial charge in [-0.25, -0.2) is 4.79 Å². The van der Waals surface area contributed by atoms with Gasteiger partial charge in [-0.15, -0.1) is 0 Å². The Morgan fingerprint density at radius 1 is 1.22 bits per heavy atom. The Kier molecular flexibility index (Phi) is 5.54. The summed E-state index contributed by atoms with van der Waals surface area (Å²) in [5.41, 5.74) is 5.41. The number of carboxylic acid groups (broad SMARTS) is 1. The molecule has 122 valence electrons. The number of pyridine rings is 1. The van der Waals surface area contributed by atoms with Gasteiger partial charge in [-0.05, 0) is 61.3 Å². The summed E-state index contributed by atoms with van der Waals surface area (Å²) in [7, 11) is 0. The van der Waals surface area contributed by atoms with Crippen LogP contribution in [0.5, 0.6) is 0 Å². The summed E-state index contributed by atoms with van der Waals surface area (Å²) in [6.45, 7) is 8.33. The molecule has 0 radical (unpaired) electrons.